The van der Waals surface area contributed by atoms with Crippen LogP contribution in [0.15, 0.2) is 212 Å². The number of benzene rings is 9. The molecule has 4 bridgehead atoms. The highest BCUT2D eigenvalue weighted by atomic mass is 15.0. The van der Waals surface area contributed by atoms with E-state index in [-0.39, 0.29) is 10.8 Å². The van der Waals surface area contributed by atoms with Crippen LogP contribution in [-0.4, -0.2) is 15.0 Å². The van der Waals surface area contributed by atoms with Crippen molar-refractivity contribution in [3.63, 3.8) is 0 Å². The van der Waals surface area contributed by atoms with Crippen molar-refractivity contribution in [1.29, 1.82) is 0 Å². The first-order valence-corrected chi connectivity index (χ1v) is 27.1. The quantitative estimate of drug-likeness (QED) is 0.167. The van der Waals surface area contributed by atoms with Gasteiger partial charge in [-0.25, -0.2) is 15.0 Å². The Morgan fingerprint density at radius 2 is 0.770 bits per heavy atom. The molecule has 0 amide bonds. The van der Waals surface area contributed by atoms with E-state index in [0.717, 1.165) is 28.5 Å². The van der Waals surface area contributed by atoms with Gasteiger partial charge in [-0.1, -0.05) is 202 Å². The molecule has 1 heterocycles. The number of aromatic nitrogens is 3. The molecule has 0 atom stereocenters. The minimum Gasteiger partial charge on any atom is -0.208 e. The maximum Gasteiger partial charge on any atom is 0.164 e. The fraction of sp³-hybridized carbons (Fsp3) is 0.197. The zero-order chi connectivity index (χ0) is 48.9. The molecule has 17 rings (SSSR count). The van der Waals surface area contributed by atoms with E-state index in [1.807, 2.05) is 0 Å². The van der Waals surface area contributed by atoms with Crippen molar-refractivity contribution >= 4 is 0 Å². The smallest absolute Gasteiger partial charge is 0.164 e. The molecule has 7 aliphatic rings. The normalized spacial score (nSPS) is 22.2. The summed E-state index contributed by atoms with van der Waals surface area (Å²) >= 11 is 0. The fourth-order valence-electron chi connectivity index (χ4n) is 16.5. The van der Waals surface area contributed by atoms with Crippen molar-refractivity contribution in [3.8, 4) is 78.7 Å². The summed E-state index contributed by atoms with van der Waals surface area (Å²) in [6.45, 7) is 4.83. The van der Waals surface area contributed by atoms with E-state index in [0.29, 0.717) is 29.3 Å². The second-order valence-electron chi connectivity index (χ2n) is 23.1. The summed E-state index contributed by atoms with van der Waals surface area (Å²) < 4.78 is 0. The van der Waals surface area contributed by atoms with E-state index in [1.165, 1.54) is 110 Å². The molecule has 4 saturated carbocycles. The van der Waals surface area contributed by atoms with Gasteiger partial charge in [-0.2, -0.15) is 0 Å². The van der Waals surface area contributed by atoms with E-state index in [4.69, 9.17) is 15.0 Å². The Morgan fingerprint density at radius 1 is 0.324 bits per heavy atom. The summed E-state index contributed by atoms with van der Waals surface area (Å²) in [5.74, 6) is 4.97. The van der Waals surface area contributed by atoms with Gasteiger partial charge in [0.25, 0.3) is 0 Å². The predicted octanol–water partition coefficient (Wildman–Crippen LogP) is 16.9. The highest BCUT2D eigenvalue weighted by Crippen LogP contribution is 2.71. The standard InChI is InChI=1S/C71H55N3/c1-69(2)60-27-15-12-24-53(60)56-32-30-46(41-63(56)69)58-39-48(40-59-55-26-14-17-29-62(55)71(65(58)59)51-35-43-34-44(37-51)38-52(71)36-43)68-73-66(45-18-6-3-7-19-45)72-67(74-68)47-31-33-57-54-25-13-16-28-61(54)70(64(57)42-47,49-20-8-4-9-21-49)50-22-10-5-11-23-50/h3-33,39-44,51-52H,34-38H2,1-2H3. The van der Waals surface area contributed by atoms with E-state index in [9.17, 15) is 0 Å². The van der Waals surface area contributed by atoms with Crippen molar-refractivity contribution in [2.75, 3.05) is 0 Å². The molecule has 4 fully saturated rings. The van der Waals surface area contributed by atoms with Gasteiger partial charge < -0.3 is 0 Å². The summed E-state index contributed by atoms with van der Waals surface area (Å²) in [5, 5.41) is 0. The lowest BCUT2D eigenvalue weighted by Gasteiger charge is -2.61. The zero-order valence-electron chi connectivity index (χ0n) is 41.9. The Hall–Kier alpha value is -8.01. The van der Waals surface area contributed by atoms with Crippen molar-refractivity contribution in [1.82, 2.24) is 15.0 Å². The molecule has 0 N–H and O–H groups in total. The lowest BCUT2D eigenvalue weighted by Crippen LogP contribution is -2.55. The van der Waals surface area contributed by atoms with Crippen LogP contribution in [0.1, 0.15) is 90.5 Å². The number of nitrogens with zero attached hydrogens (tertiary/aromatic N) is 3. The Labute approximate surface area is 434 Å². The molecule has 3 heteroatoms. The monoisotopic (exact) mass is 949 g/mol. The van der Waals surface area contributed by atoms with Crippen LogP contribution in [0.2, 0.25) is 0 Å². The van der Waals surface area contributed by atoms with Gasteiger partial charge in [-0.05, 0) is 169 Å². The van der Waals surface area contributed by atoms with Crippen LogP contribution in [0, 0.1) is 23.7 Å². The Kier molecular flexibility index (Phi) is 8.91. The van der Waals surface area contributed by atoms with Crippen LogP contribution in [0.4, 0.5) is 0 Å². The number of hydrogen-bond acceptors (Lipinski definition) is 3. The Morgan fingerprint density at radius 3 is 1.41 bits per heavy atom. The first-order chi connectivity index (χ1) is 36.4. The maximum absolute atomic E-state index is 5.65. The van der Waals surface area contributed by atoms with Gasteiger partial charge in [0.2, 0.25) is 0 Å². The molecular weight excluding hydrogens is 895 g/mol. The van der Waals surface area contributed by atoms with Crippen LogP contribution >= 0.6 is 0 Å². The third-order valence-corrected chi connectivity index (χ3v) is 19.2. The minimum atomic E-state index is -0.551. The molecule has 9 aromatic carbocycles. The number of hydrogen-bond donors (Lipinski definition) is 0. The number of fused-ring (bicyclic) bond motifs is 9. The van der Waals surface area contributed by atoms with E-state index < -0.39 is 5.41 Å². The van der Waals surface area contributed by atoms with Crippen molar-refractivity contribution in [3.05, 3.63) is 257 Å². The number of rotatable bonds is 6. The van der Waals surface area contributed by atoms with E-state index in [1.54, 1.807) is 11.1 Å². The second kappa shape index (κ2) is 15.5. The summed E-state index contributed by atoms with van der Waals surface area (Å²) in [7, 11) is 0. The molecule has 0 radical (unpaired) electrons. The van der Waals surface area contributed by atoms with Crippen LogP contribution in [-0.2, 0) is 16.2 Å². The van der Waals surface area contributed by atoms with Crippen LogP contribution in [0.25, 0.3) is 78.7 Å². The second-order valence-corrected chi connectivity index (χ2v) is 23.1. The van der Waals surface area contributed by atoms with Gasteiger partial charge in [0, 0.05) is 27.5 Å². The minimum absolute atomic E-state index is 0.0316. The van der Waals surface area contributed by atoms with Crippen molar-refractivity contribution in [2.24, 2.45) is 23.7 Å². The largest absolute Gasteiger partial charge is 0.208 e. The van der Waals surface area contributed by atoms with Crippen molar-refractivity contribution < 1.29 is 0 Å². The molecule has 0 unspecified atom stereocenters. The lowest BCUT2D eigenvalue weighted by atomic mass is 9.42. The Bertz CT molecular complexity index is 3880. The van der Waals surface area contributed by atoms with Crippen molar-refractivity contribution in [2.45, 2.75) is 62.2 Å². The fourth-order valence-corrected chi connectivity index (χ4v) is 16.5. The van der Waals surface area contributed by atoms with Crippen LogP contribution < -0.4 is 0 Å². The van der Waals surface area contributed by atoms with Gasteiger partial charge in [-0.3, -0.25) is 0 Å². The molecule has 10 aromatic rings. The van der Waals surface area contributed by atoms with Crippen LogP contribution in [0.5, 0.6) is 0 Å². The SMILES string of the molecule is CC1(C)c2ccccc2-c2ccc(-c3cc(-c4nc(-c5ccccc5)nc(-c5ccc6c(c5)C(c5ccccc5)(c5ccccc5)c5ccccc5-6)n4)cc4c3C3(c5ccccc5-4)C4CC5CC(C4)CC3C5)cc21. The topological polar surface area (TPSA) is 38.7 Å². The Balaban J connectivity index is 0.947. The van der Waals surface area contributed by atoms with E-state index in [2.05, 4.69) is 226 Å². The molecule has 7 aliphatic carbocycles. The average molecular weight is 950 g/mol. The van der Waals surface area contributed by atoms with Gasteiger partial charge >= 0.3 is 0 Å². The third-order valence-electron chi connectivity index (χ3n) is 19.2. The van der Waals surface area contributed by atoms with Gasteiger partial charge in [0.05, 0.1) is 5.41 Å². The molecule has 1 spiro atoms. The summed E-state index contributed by atoms with van der Waals surface area (Å²) in [6.07, 6.45) is 6.73. The molecule has 354 valence electrons. The van der Waals surface area contributed by atoms with Gasteiger partial charge in [0.15, 0.2) is 17.5 Å². The highest BCUT2D eigenvalue weighted by molar-refractivity contribution is 5.94. The predicted molar refractivity (Wildman–Crippen MR) is 300 cm³/mol. The third kappa shape index (κ3) is 5.70. The summed E-state index contributed by atoms with van der Waals surface area (Å²) in [4.78, 5) is 16.6. The van der Waals surface area contributed by atoms with E-state index >= 15 is 0 Å². The highest BCUT2D eigenvalue weighted by Gasteiger charge is 2.62. The lowest BCUT2D eigenvalue weighted by molar-refractivity contribution is -0.0397. The molecular formula is C71H55N3. The maximum atomic E-state index is 5.65. The molecule has 0 saturated heterocycles. The molecule has 0 aliphatic heterocycles. The summed E-state index contributed by atoms with van der Waals surface area (Å²) in [6, 6.07) is 79.4. The molecule has 3 nitrogen and oxygen atoms in total. The molecule has 1 aromatic heterocycles. The van der Waals surface area contributed by atoms with Gasteiger partial charge in [0.1, 0.15) is 0 Å². The summed E-state index contributed by atoms with van der Waals surface area (Å²) in [5.41, 5.74) is 23.7. The first kappa shape index (κ1) is 42.5. The molecule has 74 heavy (non-hydrogen) atoms. The van der Waals surface area contributed by atoms with Crippen LogP contribution in [0.3, 0.4) is 0 Å². The first-order valence-electron chi connectivity index (χ1n) is 27.1. The zero-order valence-corrected chi connectivity index (χ0v) is 41.9. The van der Waals surface area contributed by atoms with Gasteiger partial charge in [-0.15, -0.1) is 0 Å². The average Bonchev–Trinajstić information content (AvgIpc) is 4.10.